The predicted molar refractivity (Wildman–Crippen MR) is 147 cm³/mol. The Morgan fingerprint density at radius 1 is 1.26 bits per heavy atom. The number of nitrogens with zero attached hydrogens (tertiary/aromatic N) is 3. The van der Waals surface area contributed by atoms with Crippen molar-refractivity contribution in [1.29, 1.82) is 0 Å². The number of anilines is 1. The van der Waals surface area contributed by atoms with Crippen LogP contribution in [0, 0.1) is 25.2 Å². The van der Waals surface area contributed by atoms with Crippen molar-refractivity contribution >= 4 is 22.4 Å². The van der Waals surface area contributed by atoms with Gasteiger partial charge in [0.25, 0.3) is 0 Å². The minimum atomic E-state index is -0.668. The summed E-state index contributed by atoms with van der Waals surface area (Å²) >= 11 is 1.58. The standard InChI is InChI=1S/C30H33N3O4S/c1-18-4-3-5-24(26-16-38-29(31-26)33-11-22-10-30(22,17-33)28(34)35)27(18)37-13-20-8-19(2)25-12-32(23-14-36-15-23)7-6-21(25)9-20/h3-5,8-9,16,22-23H,6-7,10-15,17H2,1-2H3,(H,34,35)/t22-,30-/m0/s1. The van der Waals surface area contributed by atoms with Crippen LogP contribution in [0.5, 0.6) is 5.75 Å². The number of carboxylic acids is 1. The van der Waals surface area contributed by atoms with Crippen molar-refractivity contribution in [2.75, 3.05) is 37.7 Å². The second kappa shape index (κ2) is 9.07. The molecular formula is C30H33N3O4S. The summed E-state index contributed by atoms with van der Waals surface area (Å²) in [5.41, 5.74) is 7.83. The number of piperidine rings is 1. The first-order valence-corrected chi connectivity index (χ1v) is 14.4. The average Bonchev–Trinajstić information content (AvgIpc) is 3.21. The number of aryl methyl sites for hydroxylation is 2. The number of hydrogen-bond acceptors (Lipinski definition) is 7. The molecule has 3 fully saturated rings. The number of fused-ring (bicyclic) bond motifs is 2. The number of carboxylic acid groups (broad SMARTS) is 1. The van der Waals surface area contributed by atoms with Crippen LogP contribution in [0.15, 0.2) is 35.7 Å². The number of aliphatic carboxylic acids is 1. The van der Waals surface area contributed by atoms with Crippen molar-refractivity contribution in [2.45, 2.75) is 45.9 Å². The van der Waals surface area contributed by atoms with Crippen LogP contribution in [-0.4, -0.2) is 59.8 Å². The molecule has 38 heavy (non-hydrogen) atoms. The molecule has 1 saturated carbocycles. The Morgan fingerprint density at radius 3 is 2.89 bits per heavy atom. The first kappa shape index (κ1) is 24.1. The third-order valence-electron chi connectivity index (χ3n) is 9.00. The minimum absolute atomic E-state index is 0.251. The molecule has 2 aromatic carbocycles. The van der Waals surface area contributed by atoms with Gasteiger partial charge in [0, 0.05) is 37.1 Å². The summed E-state index contributed by atoms with van der Waals surface area (Å²) in [5, 5.41) is 12.6. The van der Waals surface area contributed by atoms with E-state index >= 15 is 0 Å². The lowest BCUT2D eigenvalue weighted by atomic mass is 9.92. The van der Waals surface area contributed by atoms with Gasteiger partial charge in [-0.2, -0.15) is 0 Å². The van der Waals surface area contributed by atoms with Crippen molar-refractivity contribution in [1.82, 2.24) is 9.88 Å². The zero-order chi connectivity index (χ0) is 26.0. The SMILES string of the molecule is Cc1cc(COc2c(C)cccc2-c2csc(N3C[C@@H]4C[C@]4(C(=O)O)C3)n2)cc2c1CN(C1COC1)CC2. The van der Waals surface area contributed by atoms with E-state index in [0.29, 0.717) is 19.2 Å². The molecule has 3 aromatic rings. The summed E-state index contributed by atoms with van der Waals surface area (Å²) in [7, 11) is 0. The maximum absolute atomic E-state index is 11.7. The van der Waals surface area contributed by atoms with Crippen molar-refractivity contribution in [3.63, 3.8) is 0 Å². The van der Waals surface area contributed by atoms with Crippen LogP contribution in [0.4, 0.5) is 5.13 Å². The van der Waals surface area contributed by atoms with Crippen molar-refractivity contribution in [2.24, 2.45) is 11.3 Å². The van der Waals surface area contributed by atoms with Gasteiger partial charge in [0.15, 0.2) is 5.13 Å². The molecule has 1 N–H and O–H groups in total. The molecule has 0 radical (unpaired) electrons. The van der Waals surface area contributed by atoms with Crippen molar-refractivity contribution < 1.29 is 19.4 Å². The lowest BCUT2D eigenvalue weighted by Gasteiger charge is -2.40. The van der Waals surface area contributed by atoms with Gasteiger partial charge in [-0.15, -0.1) is 11.3 Å². The monoisotopic (exact) mass is 531 g/mol. The highest BCUT2D eigenvalue weighted by atomic mass is 32.1. The molecule has 0 bridgehead atoms. The Labute approximate surface area is 227 Å². The molecule has 0 unspecified atom stereocenters. The van der Waals surface area contributed by atoms with E-state index < -0.39 is 11.4 Å². The lowest BCUT2D eigenvalue weighted by Crippen LogP contribution is -2.50. The van der Waals surface area contributed by atoms with Crippen LogP contribution in [0.1, 0.15) is 34.2 Å². The van der Waals surface area contributed by atoms with E-state index in [1.807, 2.05) is 6.07 Å². The smallest absolute Gasteiger partial charge is 0.311 e. The zero-order valence-electron chi connectivity index (χ0n) is 21.9. The van der Waals surface area contributed by atoms with E-state index in [9.17, 15) is 9.90 Å². The molecule has 3 aliphatic heterocycles. The molecule has 2 saturated heterocycles. The van der Waals surface area contributed by atoms with Crippen LogP contribution in [-0.2, 0) is 29.1 Å². The third-order valence-corrected chi connectivity index (χ3v) is 9.90. The Kier molecular flexibility index (Phi) is 5.76. The summed E-state index contributed by atoms with van der Waals surface area (Å²) in [4.78, 5) is 21.4. The summed E-state index contributed by atoms with van der Waals surface area (Å²) in [5.74, 6) is 0.446. The van der Waals surface area contributed by atoms with Gasteiger partial charge in [-0.05, 0) is 66.5 Å². The van der Waals surface area contributed by atoms with E-state index in [-0.39, 0.29) is 5.92 Å². The fourth-order valence-corrected chi connectivity index (χ4v) is 7.33. The van der Waals surface area contributed by atoms with Crippen LogP contribution >= 0.6 is 11.3 Å². The number of carbonyl (C=O) groups is 1. The molecule has 8 heteroatoms. The molecular weight excluding hydrogens is 498 g/mol. The number of thiazole rings is 1. The summed E-state index contributed by atoms with van der Waals surface area (Å²) in [6.07, 6.45) is 1.86. The first-order chi connectivity index (χ1) is 18.4. The summed E-state index contributed by atoms with van der Waals surface area (Å²) < 4.78 is 11.9. The van der Waals surface area contributed by atoms with Crippen molar-refractivity contribution in [3.8, 4) is 17.0 Å². The fraction of sp³-hybridized carbons (Fsp3) is 0.467. The highest BCUT2D eigenvalue weighted by Gasteiger charge is 2.65. The Morgan fingerprint density at radius 2 is 2.13 bits per heavy atom. The molecule has 1 aromatic heterocycles. The molecule has 4 heterocycles. The molecule has 198 valence electrons. The van der Waals surface area contributed by atoms with Crippen LogP contribution < -0.4 is 9.64 Å². The van der Waals surface area contributed by atoms with Gasteiger partial charge in [0.05, 0.1) is 30.4 Å². The molecule has 7 nitrogen and oxygen atoms in total. The molecule has 0 amide bonds. The number of ether oxygens (including phenoxy) is 2. The number of hydrogen-bond donors (Lipinski definition) is 1. The van der Waals surface area contributed by atoms with Crippen LogP contribution in [0.3, 0.4) is 0 Å². The van der Waals surface area contributed by atoms with Gasteiger partial charge in [-0.1, -0.05) is 24.3 Å². The van der Waals surface area contributed by atoms with Gasteiger partial charge in [0.2, 0.25) is 0 Å². The van der Waals surface area contributed by atoms with E-state index in [1.54, 1.807) is 11.3 Å². The summed E-state index contributed by atoms with van der Waals surface area (Å²) in [6, 6.07) is 11.4. The van der Waals surface area contributed by atoms with Gasteiger partial charge in [-0.3, -0.25) is 9.69 Å². The third kappa shape index (κ3) is 4.01. The average molecular weight is 532 g/mol. The van der Waals surface area contributed by atoms with E-state index in [2.05, 4.69) is 53.3 Å². The quantitative estimate of drug-likeness (QED) is 0.475. The second-order valence-electron chi connectivity index (χ2n) is 11.5. The highest BCUT2D eigenvalue weighted by Crippen LogP contribution is 2.58. The molecule has 1 aliphatic carbocycles. The van der Waals surface area contributed by atoms with E-state index in [1.165, 1.54) is 22.3 Å². The zero-order valence-corrected chi connectivity index (χ0v) is 22.7. The Balaban J connectivity index is 1.08. The number of benzene rings is 2. The summed E-state index contributed by atoms with van der Waals surface area (Å²) in [6.45, 7) is 9.96. The largest absolute Gasteiger partial charge is 0.488 e. The van der Waals surface area contributed by atoms with E-state index in [0.717, 1.165) is 73.4 Å². The molecule has 2 atom stereocenters. The Bertz CT molecular complexity index is 1420. The fourth-order valence-electron chi connectivity index (χ4n) is 6.49. The van der Waals surface area contributed by atoms with Crippen LogP contribution in [0.25, 0.3) is 11.3 Å². The molecule has 4 aliphatic rings. The normalized spacial score (nSPS) is 24.6. The predicted octanol–water partition coefficient (Wildman–Crippen LogP) is 4.67. The van der Waals surface area contributed by atoms with E-state index in [4.69, 9.17) is 14.5 Å². The second-order valence-corrected chi connectivity index (χ2v) is 12.3. The number of para-hydroxylation sites is 1. The number of rotatable bonds is 7. The van der Waals surface area contributed by atoms with Crippen LogP contribution in [0.2, 0.25) is 0 Å². The Hall–Kier alpha value is -2.94. The molecule has 7 rings (SSSR count). The highest BCUT2D eigenvalue weighted by molar-refractivity contribution is 7.14. The minimum Gasteiger partial charge on any atom is -0.488 e. The molecule has 0 spiro atoms. The maximum Gasteiger partial charge on any atom is 0.311 e. The first-order valence-electron chi connectivity index (χ1n) is 13.5. The van der Waals surface area contributed by atoms with Gasteiger partial charge < -0.3 is 19.5 Å². The van der Waals surface area contributed by atoms with Gasteiger partial charge >= 0.3 is 5.97 Å². The lowest BCUT2D eigenvalue weighted by molar-refractivity contribution is -0.143. The van der Waals surface area contributed by atoms with Gasteiger partial charge in [0.1, 0.15) is 12.4 Å². The van der Waals surface area contributed by atoms with Crippen molar-refractivity contribution in [3.05, 3.63) is 63.5 Å². The van der Waals surface area contributed by atoms with Gasteiger partial charge in [-0.25, -0.2) is 4.98 Å². The topological polar surface area (TPSA) is 75.1 Å². The maximum atomic E-state index is 11.7. The number of aromatic nitrogens is 1.